The number of halogens is 1. The Morgan fingerprint density at radius 2 is 1.96 bits per heavy atom. The fourth-order valence-electron chi connectivity index (χ4n) is 2.04. The lowest BCUT2D eigenvalue weighted by Gasteiger charge is -2.08. The van der Waals surface area contributed by atoms with Gasteiger partial charge in [0.15, 0.2) is 0 Å². The molecular formula is C16H16ClN3O3. The lowest BCUT2D eigenvalue weighted by Crippen LogP contribution is -2.13. The van der Waals surface area contributed by atoms with Crippen molar-refractivity contribution in [2.45, 2.75) is 12.8 Å². The predicted molar refractivity (Wildman–Crippen MR) is 90.9 cm³/mol. The molecule has 2 aromatic carbocycles. The van der Waals surface area contributed by atoms with Crippen LogP contribution in [0.3, 0.4) is 0 Å². The number of anilines is 2. The summed E-state index contributed by atoms with van der Waals surface area (Å²) in [6.07, 6.45) is 0.860. The molecule has 0 aromatic heterocycles. The molecule has 7 heteroatoms. The van der Waals surface area contributed by atoms with Gasteiger partial charge in [-0.05, 0) is 30.7 Å². The monoisotopic (exact) mass is 333 g/mol. The summed E-state index contributed by atoms with van der Waals surface area (Å²) < 4.78 is 0. The Hall–Kier alpha value is -2.60. The van der Waals surface area contributed by atoms with E-state index in [9.17, 15) is 14.9 Å². The highest BCUT2D eigenvalue weighted by molar-refractivity contribution is 6.30. The predicted octanol–water partition coefficient (Wildman–Crippen LogP) is 4.08. The van der Waals surface area contributed by atoms with Gasteiger partial charge in [0, 0.05) is 29.7 Å². The zero-order valence-corrected chi connectivity index (χ0v) is 13.0. The molecule has 0 aliphatic heterocycles. The average molecular weight is 334 g/mol. The summed E-state index contributed by atoms with van der Waals surface area (Å²) in [5.41, 5.74) is 1.12. The minimum Gasteiger partial charge on any atom is -0.379 e. The van der Waals surface area contributed by atoms with Gasteiger partial charge in [0.05, 0.1) is 4.92 Å². The molecular weight excluding hydrogens is 318 g/mol. The molecule has 0 unspecified atom stereocenters. The average Bonchev–Trinajstić information content (AvgIpc) is 2.52. The zero-order chi connectivity index (χ0) is 16.7. The number of hydrogen-bond acceptors (Lipinski definition) is 4. The fraction of sp³-hybridized carbons (Fsp3) is 0.188. The summed E-state index contributed by atoms with van der Waals surface area (Å²) in [6, 6.07) is 13.3. The zero-order valence-electron chi connectivity index (χ0n) is 12.3. The Morgan fingerprint density at radius 1 is 1.17 bits per heavy atom. The van der Waals surface area contributed by atoms with Crippen LogP contribution in [0, 0.1) is 10.1 Å². The minimum absolute atomic E-state index is 0.0240. The van der Waals surface area contributed by atoms with Gasteiger partial charge in [0.2, 0.25) is 5.91 Å². The van der Waals surface area contributed by atoms with Crippen LogP contribution >= 0.6 is 11.6 Å². The van der Waals surface area contributed by atoms with Crippen molar-refractivity contribution in [1.29, 1.82) is 0 Å². The number of nitrogens with one attached hydrogen (secondary N) is 2. The van der Waals surface area contributed by atoms with E-state index < -0.39 is 4.92 Å². The van der Waals surface area contributed by atoms with Crippen molar-refractivity contribution in [2.75, 3.05) is 17.2 Å². The highest BCUT2D eigenvalue weighted by atomic mass is 35.5. The van der Waals surface area contributed by atoms with Gasteiger partial charge in [0.25, 0.3) is 5.69 Å². The van der Waals surface area contributed by atoms with Crippen LogP contribution in [0.1, 0.15) is 12.8 Å². The van der Waals surface area contributed by atoms with Crippen molar-refractivity contribution in [2.24, 2.45) is 0 Å². The maximum Gasteiger partial charge on any atom is 0.292 e. The first kappa shape index (κ1) is 16.8. The molecule has 6 nitrogen and oxygen atoms in total. The summed E-state index contributed by atoms with van der Waals surface area (Å²) in [5, 5.41) is 17.2. The third kappa shape index (κ3) is 5.27. The van der Waals surface area contributed by atoms with Gasteiger partial charge in [-0.3, -0.25) is 14.9 Å². The first-order chi connectivity index (χ1) is 11.1. The third-order valence-corrected chi connectivity index (χ3v) is 3.34. The van der Waals surface area contributed by atoms with E-state index >= 15 is 0 Å². The Labute approximate surface area is 138 Å². The molecule has 0 spiro atoms. The molecule has 0 saturated carbocycles. The maximum absolute atomic E-state index is 11.8. The molecule has 120 valence electrons. The van der Waals surface area contributed by atoms with Crippen molar-refractivity contribution in [1.82, 2.24) is 0 Å². The van der Waals surface area contributed by atoms with Crippen molar-refractivity contribution in [3.63, 3.8) is 0 Å². The molecule has 1 amide bonds. The molecule has 0 atom stereocenters. The van der Waals surface area contributed by atoms with Crippen molar-refractivity contribution in [3.8, 4) is 0 Å². The SMILES string of the molecule is O=C(CCCNc1ccccc1[N+](=O)[O-])Nc1cccc(Cl)c1. The first-order valence-corrected chi connectivity index (χ1v) is 7.47. The number of benzene rings is 2. The Morgan fingerprint density at radius 3 is 2.70 bits per heavy atom. The second kappa shape index (κ2) is 8.14. The van der Waals surface area contributed by atoms with Gasteiger partial charge >= 0.3 is 0 Å². The van der Waals surface area contributed by atoms with E-state index in [2.05, 4.69) is 10.6 Å². The van der Waals surface area contributed by atoms with Gasteiger partial charge < -0.3 is 10.6 Å². The van der Waals surface area contributed by atoms with Gasteiger partial charge in [0.1, 0.15) is 5.69 Å². The van der Waals surface area contributed by atoms with Gasteiger partial charge in [-0.15, -0.1) is 0 Å². The van der Waals surface area contributed by atoms with Gasteiger partial charge in [-0.1, -0.05) is 29.8 Å². The van der Waals surface area contributed by atoms with Crippen molar-refractivity contribution < 1.29 is 9.72 Å². The topological polar surface area (TPSA) is 84.3 Å². The van der Waals surface area contributed by atoms with Gasteiger partial charge in [-0.25, -0.2) is 0 Å². The lowest BCUT2D eigenvalue weighted by molar-refractivity contribution is -0.384. The van der Waals surface area contributed by atoms with E-state index in [0.717, 1.165) is 0 Å². The second-order valence-electron chi connectivity index (χ2n) is 4.86. The number of carbonyl (C=O) groups excluding carboxylic acids is 1. The molecule has 2 N–H and O–H groups in total. The molecule has 0 saturated heterocycles. The molecule has 2 aromatic rings. The molecule has 23 heavy (non-hydrogen) atoms. The number of para-hydroxylation sites is 2. The third-order valence-electron chi connectivity index (χ3n) is 3.11. The summed E-state index contributed by atoms with van der Waals surface area (Å²) in [6.45, 7) is 0.466. The van der Waals surface area contributed by atoms with E-state index in [1.165, 1.54) is 6.07 Å². The molecule has 0 heterocycles. The number of nitro benzene ring substituents is 1. The van der Waals surface area contributed by atoms with E-state index in [1.54, 1.807) is 42.5 Å². The summed E-state index contributed by atoms with van der Waals surface area (Å²) in [4.78, 5) is 22.3. The number of hydrogen-bond donors (Lipinski definition) is 2. The summed E-state index contributed by atoms with van der Waals surface area (Å²) >= 11 is 5.85. The Bertz CT molecular complexity index is 706. The number of rotatable bonds is 7. The molecule has 0 aliphatic carbocycles. The summed E-state index contributed by atoms with van der Waals surface area (Å²) in [5.74, 6) is -0.128. The van der Waals surface area contributed by atoms with Crippen LogP contribution in [0.4, 0.5) is 17.1 Å². The molecule has 2 rings (SSSR count). The van der Waals surface area contributed by atoms with E-state index in [1.807, 2.05) is 0 Å². The number of nitro groups is 1. The van der Waals surface area contributed by atoms with Crippen molar-refractivity contribution in [3.05, 3.63) is 63.7 Å². The quantitative estimate of drug-likeness (QED) is 0.454. The molecule has 0 bridgehead atoms. The smallest absolute Gasteiger partial charge is 0.292 e. The lowest BCUT2D eigenvalue weighted by atomic mass is 10.2. The second-order valence-corrected chi connectivity index (χ2v) is 5.30. The van der Waals surface area contributed by atoms with E-state index in [-0.39, 0.29) is 11.6 Å². The number of carbonyl (C=O) groups is 1. The minimum atomic E-state index is -0.436. The molecule has 0 radical (unpaired) electrons. The van der Waals surface area contributed by atoms with E-state index in [0.29, 0.717) is 35.8 Å². The van der Waals surface area contributed by atoms with Crippen LogP contribution in [0.25, 0.3) is 0 Å². The van der Waals surface area contributed by atoms with Gasteiger partial charge in [-0.2, -0.15) is 0 Å². The van der Waals surface area contributed by atoms with Crippen LogP contribution < -0.4 is 10.6 Å². The standard InChI is InChI=1S/C16H16ClN3O3/c17-12-5-3-6-13(11-12)19-16(21)9-4-10-18-14-7-1-2-8-15(14)20(22)23/h1-3,5-8,11,18H,4,9-10H2,(H,19,21). The van der Waals surface area contributed by atoms with E-state index in [4.69, 9.17) is 11.6 Å². The normalized spacial score (nSPS) is 10.1. The van der Waals surface area contributed by atoms with Crippen LogP contribution in [0.2, 0.25) is 5.02 Å². The maximum atomic E-state index is 11.8. The largest absolute Gasteiger partial charge is 0.379 e. The first-order valence-electron chi connectivity index (χ1n) is 7.09. The highest BCUT2D eigenvalue weighted by Crippen LogP contribution is 2.23. The number of amides is 1. The Kier molecular flexibility index (Phi) is 5.94. The van der Waals surface area contributed by atoms with Crippen LogP contribution in [0.15, 0.2) is 48.5 Å². The summed E-state index contributed by atoms with van der Waals surface area (Å²) in [7, 11) is 0. The molecule has 0 aliphatic rings. The van der Waals surface area contributed by atoms with Crippen LogP contribution in [0.5, 0.6) is 0 Å². The molecule has 0 fully saturated rings. The number of nitrogens with zero attached hydrogens (tertiary/aromatic N) is 1. The van der Waals surface area contributed by atoms with Crippen molar-refractivity contribution >= 4 is 34.6 Å². The Balaban J connectivity index is 1.77. The highest BCUT2D eigenvalue weighted by Gasteiger charge is 2.11. The van der Waals surface area contributed by atoms with Crippen LogP contribution in [-0.4, -0.2) is 17.4 Å². The van der Waals surface area contributed by atoms with Crippen LogP contribution in [-0.2, 0) is 4.79 Å². The fourth-order valence-corrected chi connectivity index (χ4v) is 2.23.